The number of fused-ring (bicyclic) bond motifs is 1. The van der Waals surface area contributed by atoms with Gasteiger partial charge < -0.3 is 9.15 Å². The lowest BCUT2D eigenvalue weighted by Gasteiger charge is -2.10. The average molecular weight is 316 g/mol. The second kappa shape index (κ2) is 7.95. The molecule has 0 unspecified atom stereocenters. The lowest BCUT2D eigenvalue weighted by Crippen LogP contribution is -2.10. The topological polar surface area (TPSA) is 56.5 Å². The summed E-state index contributed by atoms with van der Waals surface area (Å²) in [4.78, 5) is 24.1. The maximum absolute atomic E-state index is 12.1. The first-order valence-corrected chi connectivity index (χ1v) is 8.32. The summed E-state index contributed by atoms with van der Waals surface area (Å²) in [7, 11) is 0. The van der Waals surface area contributed by atoms with E-state index in [1.54, 1.807) is 12.1 Å². The molecule has 124 valence electrons. The maximum Gasteiger partial charge on any atom is 0.379 e. The van der Waals surface area contributed by atoms with Crippen molar-refractivity contribution in [3.8, 4) is 5.75 Å². The second-order valence-corrected chi connectivity index (χ2v) is 5.78. The summed E-state index contributed by atoms with van der Waals surface area (Å²) < 4.78 is 11.0. The van der Waals surface area contributed by atoms with Crippen LogP contribution in [0.25, 0.3) is 11.0 Å². The van der Waals surface area contributed by atoms with Crippen LogP contribution < -0.4 is 10.4 Å². The van der Waals surface area contributed by atoms with Gasteiger partial charge in [-0.3, -0.25) is 4.79 Å². The van der Waals surface area contributed by atoms with Gasteiger partial charge in [-0.1, -0.05) is 38.8 Å². The molecule has 1 heterocycles. The van der Waals surface area contributed by atoms with Gasteiger partial charge in [-0.15, -0.1) is 0 Å². The van der Waals surface area contributed by atoms with Crippen LogP contribution in [0.15, 0.2) is 27.4 Å². The Balaban J connectivity index is 2.33. The predicted octanol–water partition coefficient (Wildman–Crippen LogP) is 4.65. The van der Waals surface area contributed by atoms with Crippen LogP contribution in [0.3, 0.4) is 0 Å². The van der Waals surface area contributed by atoms with E-state index in [9.17, 15) is 9.59 Å². The first kappa shape index (κ1) is 17.3. The third-order valence-electron chi connectivity index (χ3n) is 3.91. The number of rotatable bonds is 8. The van der Waals surface area contributed by atoms with Crippen molar-refractivity contribution in [1.29, 1.82) is 0 Å². The quantitative estimate of drug-likeness (QED) is 0.404. The number of hydrogen-bond acceptors (Lipinski definition) is 4. The van der Waals surface area contributed by atoms with Crippen molar-refractivity contribution in [3.63, 3.8) is 0 Å². The monoisotopic (exact) mass is 316 g/mol. The van der Waals surface area contributed by atoms with Crippen LogP contribution in [0.5, 0.6) is 5.75 Å². The molecule has 0 aliphatic heterocycles. The molecule has 2 aromatic rings. The smallest absolute Gasteiger partial charge is 0.379 e. The van der Waals surface area contributed by atoms with Crippen molar-refractivity contribution in [1.82, 2.24) is 0 Å². The SMILES string of the molecule is CCCCCOc1c(C)c2ccc(C(=O)CCC)cc2oc1=O. The van der Waals surface area contributed by atoms with Crippen molar-refractivity contribution in [2.45, 2.75) is 52.9 Å². The van der Waals surface area contributed by atoms with Crippen LogP contribution >= 0.6 is 0 Å². The molecule has 0 spiro atoms. The van der Waals surface area contributed by atoms with E-state index in [-0.39, 0.29) is 11.5 Å². The minimum Gasteiger partial charge on any atom is -0.486 e. The van der Waals surface area contributed by atoms with E-state index in [0.29, 0.717) is 24.2 Å². The van der Waals surface area contributed by atoms with Crippen LogP contribution in [0.1, 0.15) is 61.9 Å². The molecule has 0 amide bonds. The number of aryl methyl sites for hydroxylation is 1. The highest BCUT2D eigenvalue weighted by molar-refractivity contribution is 5.99. The molecule has 0 aliphatic rings. The summed E-state index contributed by atoms with van der Waals surface area (Å²) in [5.41, 5.74) is 1.31. The summed E-state index contributed by atoms with van der Waals surface area (Å²) in [6.07, 6.45) is 4.37. The van der Waals surface area contributed by atoms with Gasteiger partial charge in [-0.25, -0.2) is 4.79 Å². The van der Waals surface area contributed by atoms with Gasteiger partial charge in [0.25, 0.3) is 0 Å². The third kappa shape index (κ3) is 4.01. The fraction of sp³-hybridized carbons (Fsp3) is 0.474. The molecule has 0 saturated heterocycles. The lowest BCUT2D eigenvalue weighted by molar-refractivity contribution is 0.0981. The Hall–Kier alpha value is -2.10. The fourth-order valence-electron chi connectivity index (χ4n) is 2.58. The Bertz CT molecular complexity index is 743. The maximum atomic E-state index is 12.1. The Labute approximate surface area is 136 Å². The standard InChI is InChI=1S/C19H24O4/c1-4-6-7-11-22-18-13(3)15-10-9-14(16(20)8-5-2)12-17(15)23-19(18)21/h9-10,12H,4-8,11H2,1-3H3. The van der Waals surface area contributed by atoms with Gasteiger partial charge in [0.1, 0.15) is 5.58 Å². The Morgan fingerprint density at radius 2 is 1.96 bits per heavy atom. The van der Waals surface area contributed by atoms with E-state index in [0.717, 1.165) is 36.6 Å². The first-order chi connectivity index (χ1) is 11.1. The van der Waals surface area contributed by atoms with Gasteiger partial charge in [0.2, 0.25) is 5.75 Å². The van der Waals surface area contributed by atoms with Gasteiger partial charge in [0.15, 0.2) is 5.78 Å². The van der Waals surface area contributed by atoms with Crippen LogP contribution in [0, 0.1) is 6.92 Å². The van der Waals surface area contributed by atoms with E-state index in [1.165, 1.54) is 0 Å². The molecule has 4 heteroatoms. The van der Waals surface area contributed by atoms with Crippen molar-refractivity contribution < 1.29 is 13.9 Å². The van der Waals surface area contributed by atoms with Crippen LogP contribution in [-0.2, 0) is 0 Å². The number of unbranched alkanes of at least 4 members (excludes halogenated alkanes) is 2. The van der Waals surface area contributed by atoms with Crippen LogP contribution in [-0.4, -0.2) is 12.4 Å². The molecule has 1 aromatic carbocycles. The fourth-order valence-corrected chi connectivity index (χ4v) is 2.58. The number of Topliss-reactive ketones (excluding diaryl/α,β-unsaturated/α-hetero) is 1. The summed E-state index contributed by atoms with van der Waals surface area (Å²) >= 11 is 0. The zero-order valence-electron chi connectivity index (χ0n) is 14.1. The zero-order valence-corrected chi connectivity index (χ0v) is 14.1. The van der Waals surface area contributed by atoms with Gasteiger partial charge in [0, 0.05) is 22.9 Å². The normalized spacial score (nSPS) is 10.9. The van der Waals surface area contributed by atoms with Crippen molar-refractivity contribution in [3.05, 3.63) is 39.7 Å². The highest BCUT2D eigenvalue weighted by Gasteiger charge is 2.14. The van der Waals surface area contributed by atoms with E-state index in [2.05, 4.69) is 6.92 Å². The number of hydrogen-bond donors (Lipinski definition) is 0. The number of ether oxygens (including phenoxy) is 1. The molecule has 2 rings (SSSR count). The van der Waals surface area contributed by atoms with Crippen molar-refractivity contribution in [2.24, 2.45) is 0 Å². The minimum absolute atomic E-state index is 0.0644. The van der Waals surface area contributed by atoms with E-state index in [1.807, 2.05) is 19.9 Å². The number of ketones is 1. The summed E-state index contributed by atoms with van der Waals surface area (Å²) in [5, 5.41) is 0.808. The molecule has 0 bridgehead atoms. The minimum atomic E-state index is -0.480. The summed E-state index contributed by atoms with van der Waals surface area (Å²) in [6, 6.07) is 5.27. The summed E-state index contributed by atoms with van der Waals surface area (Å²) in [5.74, 6) is 0.343. The Kier molecular flexibility index (Phi) is 5.97. The number of carbonyl (C=O) groups is 1. The van der Waals surface area contributed by atoms with Crippen molar-refractivity contribution in [2.75, 3.05) is 6.61 Å². The summed E-state index contributed by atoms with van der Waals surface area (Å²) in [6.45, 7) is 6.44. The molecule has 1 aromatic heterocycles. The number of carbonyl (C=O) groups excluding carboxylic acids is 1. The third-order valence-corrected chi connectivity index (χ3v) is 3.91. The predicted molar refractivity (Wildman–Crippen MR) is 91.5 cm³/mol. The van der Waals surface area contributed by atoms with Crippen LogP contribution in [0.4, 0.5) is 0 Å². The number of benzene rings is 1. The molecule has 0 radical (unpaired) electrons. The van der Waals surface area contributed by atoms with Gasteiger partial charge in [0.05, 0.1) is 6.61 Å². The molecule has 0 atom stereocenters. The zero-order chi connectivity index (χ0) is 16.8. The lowest BCUT2D eigenvalue weighted by atomic mass is 10.0. The molecular formula is C19H24O4. The van der Waals surface area contributed by atoms with Crippen LogP contribution in [0.2, 0.25) is 0 Å². The van der Waals surface area contributed by atoms with Gasteiger partial charge in [-0.05, 0) is 25.8 Å². The highest BCUT2D eigenvalue weighted by atomic mass is 16.5. The van der Waals surface area contributed by atoms with Crippen molar-refractivity contribution >= 4 is 16.8 Å². The molecule has 0 aliphatic carbocycles. The first-order valence-electron chi connectivity index (χ1n) is 8.32. The van der Waals surface area contributed by atoms with Gasteiger partial charge in [-0.2, -0.15) is 0 Å². The van der Waals surface area contributed by atoms with Gasteiger partial charge >= 0.3 is 5.63 Å². The molecule has 4 nitrogen and oxygen atoms in total. The van der Waals surface area contributed by atoms with E-state index in [4.69, 9.17) is 9.15 Å². The molecular weight excluding hydrogens is 292 g/mol. The largest absolute Gasteiger partial charge is 0.486 e. The highest BCUT2D eigenvalue weighted by Crippen LogP contribution is 2.25. The molecule has 23 heavy (non-hydrogen) atoms. The Morgan fingerprint density at radius 1 is 1.17 bits per heavy atom. The Morgan fingerprint density at radius 3 is 2.65 bits per heavy atom. The van der Waals surface area contributed by atoms with E-state index >= 15 is 0 Å². The average Bonchev–Trinajstić information content (AvgIpc) is 2.53. The molecule has 0 saturated carbocycles. The van der Waals surface area contributed by atoms with E-state index < -0.39 is 5.63 Å². The molecule has 0 fully saturated rings. The molecule has 0 N–H and O–H groups in total. The second-order valence-electron chi connectivity index (χ2n) is 5.78.